The Kier molecular flexibility index (Phi) is 4.79. The van der Waals surface area contributed by atoms with E-state index < -0.39 is 0 Å². The van der Waals surface area contributed by atoms with Gasteiger partial charge in [0.2, 0.25) is 5.91 Å². The lowest BCUT2D eigenvalue weighted by atomic mass is 9.90. The molecule has 0 spiro atoms. The Morgan fingerprint density at radius 2 is 1.81 bits per heavy atom. The number of aryl methyl sites for hydroxylation is 1. The number of nitrogens with one attached hydrogen (secondary N) is 2. The molecule has 0 radical (unpaired) electrons. The molecule has 3 heteroatoms. The fourth-order valence-corrected chi connectivity index (χ4v) is 3.52. The molecule has 3 rings (SSSR count). The first-order chi connectivity index (χ1) is 10.3. The van der Waals surface area contributed by atoms with Gasteiger partial charge in [-0.1, -0.05) is 32.1 Å². The molecule has 1 aromatic rings. The minimum absolute atomic E-state index is 0.208. The van der Waals surface area contributed by atoms with Gasteiger partial charge in [-0.15, -0.1) is 0 Å². The number of hydrogen-bond acceptors (Lipinski definition) is 2. The molecular weight excluding hydrogens is 260 g/mol. The van der Waals surface area contributed by atoms with Crippen molar-refractivity contribution in [2.45, 2.75) is 57.8 Å². The summed E-state index contributed by atoms with van der Waals surface area (Å²) in [5, 5.41) is 6.55. The Morgan fingerprint density at radius 1 is 1.05 bits per heavy atom. The summed E-state index contributed by atoms with van der Waals surface area (Å²) in [6.45, 7) is 1.06. The van der Waals surface area contributed by atoms with E-state index in [0.29, 0.717) is 0 Å². The molecule has 0 saturated heterocycles. The molecule has 0 aromatic heterocycles. The first-order valence-electron chi connectivity index (χ1n) is 8.50. The van der Waals surface area contributed by atoms with E-state index in [1.165, 1.54) is 49.8 Å². The molecule has 0 bridgehead atoms. The van der Waals surface area contributed by atoms with Crippen LogP contribution in [-0.4, -0.2) is 12.5 Å². The van der Waals surface area contributed by atoms with Crippen molar-refractivity contribution in [3.05, 3.63) is 23.8 Å². The predicted octanol–water partition coefficient (Wildman–Crippen LogP) is 4.34. The summed E-state index contributed by atoms with van der Waals surface area (Å²) in [6, 6.07) is 6.27. The average Bonchev–Trinajstić information content (AvgIpc) is 2.46. The molecule has 0 atom stereocenters. The average molecular weight is 286 g/mol. The van der Waals surface area contributed by atoms with E-state index >= 15 is 0 Å². The summed E-state index contributed by atoms with van der Waals surface area (Å²) >= 11 is 0. The second-order valence-electron chi connectivity index (χ2n) is 6.43. The van der Waals surface area contributed by atoms with E-state index in [-0.39, 0.29) is 11.8 Å². The summed E-state index contributed by atoms with van der Waals surface area (Å²) in [5.74, 6) is 0.431. The van der Waals surface area contributed by atoms with Crippen LogP contribution in [-0.2, 0) is 11.2 Å². The van der Waals surface area contributed by atoms with Crippen molar-refractivity contribution in [3.63, 3.8) is 0 Å². The highest BCUT2D eigenvalue weighted by atomic mass is 16.1. The topological polar surface area (TPSA) is 41.1 Å². The molecule has 1 heterocycles. The van der Waals surface area contributed by atoms with E-state index in [2.05, 4.69) is 22.8 Å². The Labute approximate surface area is 127 Å². The quantitative estimate of drug-likeness (QED) is 0.849. The summed E-state index contributed by atoms with van der Waals surface area (Å²) in [5.41, 5.74) is 3.52. The van der Waals surface area contributed by atoms with Crippen molar-refractivity contribution in [1.82, 2.24) is 0 Å². The van der Waals surface area contributed by atoms with Gasteiger partial charge in [0.05, 0.1) is 0 Å². The van der Waals surface area contributed by atoms with Gasteiger partial charge in [-0.25, -0.2) is 0 Å². The number of benzene rings is 1. The third kappa shape index (κ3) is 3.78. The van der Waals surface area contributed by atoms with Crippen LogP contribution >= 0.6 is 0 Å². The van der Waals surface area contributed by atoms with Crippen molar-refractivity contribution >= 4 is 17.3 Å². The zero-order valence-electron chi connectivity index (χ0n) is 12.8. The highest BCUT2D eigenvalue weighted by molar-refractivity contribution is 5.92. The molecule has 1 aromatic carbocycles. The standard InChI is InChI=1S/C18H26N2O/c21-18(14-7-4-2-1-3-5-8-14)20-16-10-11-17-15(13-16)9-6-12-19-17/h10-11,13-14,19H,1-9,12H2,(H,20,21). The molecule has 3 nitrogen and oxygen atoms in total. The number of hydrogen-bond donors (Lipinski definition) is 2. The maximum Gasteiger partial charge on any atom is 0.227 e. The summed E-state index contributed by atoms with van der Waals surface area (Å²) in [4.78, 5) is 12.5. The number of carbonyl (C=O) groups is 1. The number of amides is 1. The van der Waals surface area contributed by atoms with E-state index in [0.717, 1.165) is 31.5 Å². The zero-order chi connectivity index (χ0) is 14.5. The van der Waals surface area contributed by atoms with Crippen molar-refractivity contribution in [2.75, 3.05) is 17.2 Å². The third-order valence-electron chi connectivity index (χ3n) is 4.79. The second kappa shape index (κ2) is 6.97. The van der Waals surface area contributed by atoms with E-state index in [4.69, 9.17) is 0 Å². The second-order valence-corrected chi connectivity index (χ2v) is 6.43. The monoisotopic (exact) mass is 286 g/mol. The van der Waals surface area contributed by atoms with Gasteiger partial charge in [0.1, 0.15) is 0 Å². The lowest BCUT2D eigenvalue weighted by Crippen LogP contribution is -2.24. The molecular formula is C18H26N2O. The van der Waals surface area contributed by atoms with Gasteiger partial charge in [-0.05, 0) is 49.4 Å². The molecule has 1 aliphatic carbocycles. The van der Waals surface area contributed by atoms with Crippen molar-refractivity contribution in [1.29, 1.82) is 0 Å². The van der Waals surface area contributed by atoms with Gasteiger partial charge in [0.25, 0.3) is 0 Å². The molecule has 1 aliphatic heterocycles. The first kappa shape index (κ1) is 14.4. The van der Waals surface area contributed by atoms with Crippen LogP contribution in [0.1, 0.15) is 56.9 Å². The van der Waals surface area contributed by atoms with Crippen LogP contribution in [0.3, 0.4) is 0 Å². The van der Waals surface area contributed by atoms with Gasteiger partial charge < -0.3 is 10.6 Å². The van der Waals surface area contributed by atoms with Crippen LogP contribution in [0.5, 0.6) is 0 Å². The Hall–Kier alpha value is -1.51. The minimum Gasteiger partial charge on any atom is -0.385 e. The lowest BCUT2D eigenvalue weighted by Gasteiger charge is -2.21. The predicted molar refractivity (Wildman–Crippen MR) is 87.7 cm³/mol. The number of anilines is 2. The molecule has 0 unspecified atom stereocenters. The molecule has 1 amide bonds. The zero-order valence-corrected chi connectivity index (χ0v) is 12.8. The summed E-state index contributed by atoms with van der Waals surface area (Å²) < 4.78 is 0. The highest BCUT2D eigenvalue weighted by Gasteiger charge is 2.19. The van der Waals surface area contributed by atoms with Crippen molar-refractivity contribution < 1.29 is 4.79 Å². The van der Waals surface area contributed by atoms with E-state index in [1.807, 2.05) is 6.07 Å². The van der Waals surface area contributed by atoms with Crippen LogP contribution in [0.2, 0.25) is 0 Å². The normalized spacial score (nSPS) is 19.8. The largest absolute Gasteiger partial charge is 0.385 e. The minimum atomic E-state index is 0.208. The van der Waals surface area contributed by atoms with Crippen LogP contribution in [0.25, 0.3) is 0 Å². The smallest absolute Gasteiger partial charge is 0.227 e. The van der Waals surface area contributed by atoms with Crippen LogP contribution in [0.15, 0.2) is 18.2 Å². The molecule has 1 saturated carbocycles. The number of rotatable bonds is 2. The Morgan fingerprint density at radius 3 is 2.62 bits per heavy atom. The fourth-order valence-electron chi connectivity index (χ4n) is 3.52. The van der Waals surface area contributed by atoms with E-state index in [9.17, 15) is 4.79 Å². The van der Waals surface area contributed by atoms with Crippen LogP contribution in [0.4, 0.5) is 11.4 Å². The number of fused-ring (bicyclic) bond motifs is 1. The Balaban J connectivity index is 1.63. The highest BCUT2D eigenvalue weighted by Crippen LogP contribution is 2.27. The van der Waals surface area contributed by atoms with Gasteiger partial charge >= 0.3 is 0 Å². The summed E-state index contributed by atoms with van der Waals surface area (Å²) in [7, 11) is 0. The summed E-state index contributed by atoms with van der Waals surface area (Å²) in [6.07, 6.45) is 10.7. The maximum atomic E-state index is 12.5. The van der Waals surface area contributed by atoms with Gasteiger partial charge in [0, 0.05) is 23.8 Å². The van der Waals surface area contributed by atoms with Gasteiger partial charge in [-0.3, -0.25) is 4.79 Å². The third-order valence-corrected chi connectivity index (χ3v) is 4.79. The SMILES string of the molecule is O=C(Nc1ccc2c(c1)CCCN2)C1CCCCCCC1. The van der Waals surface area contributed by atoms with Crippen molar-refractivity contribution in [3.8, 4) is 0 Å². The molecule has 2 N–H and O–H groups in total. The van der Waals surface area contributed by atoms with Crippen LogP contribution < -0.4 is 10.6 Å². The number of carbonyl (C=O) groups excluding carboxylic acids is 1. The van der Waals surface area contributed by atoms with Crippen LogP contribution in [0, 0.1) is 5.92 Å². The fraction of sp³-hybridized carbons (Fsp3) is 0.611. The molecule has 21 heavy (non-hydrogen) atoms. The lowest BCUT2D eigenvalue weighted by molar-refractivity contribution is -0.120. The van der Waals surface area contributed by atoms with Gasteiger partial charge in [-0.2, -0.15) is 0 Å². The molecule has 2 aliphatic rings. The molecule has 1 fully saturated rings. The van der Waals surface area contributed by atoms with E-state index in [1.54, 1.807) is 0 Å². The molecule has 114 valence electrons. The van der Waals surface area contributed by atoms with Gasteiger partial charge in [0.15, 0.2) is 0 Å². The Bertz CT molecular complexity index is 490. The van der Waals surface area contributed by atoms with Crippen molar-refractivity contribution in [2.24, 2.45) is 5.92 Å². The first-order valence-corrected chi connectivity index (χ1v) is 8.50. The maximum absolute atomic E-state index is 12.5.